The molecule has 1 aromatic carbocycles. The number of carbonyl (C=O) groups excluding carboxylic acids is 1. The second-order valence-electron chi connectivity index (χ2n) is 3.30. The minimum Gasteiger partial charge on any atom is -0.746 e. The monoisotopic (exact) mass is 282 g/mol. The van der Waals surface area contributed by atoms with Gasteiger partial charge in [0.2, 0.25) is 0 Å². The number of ketones is 1. The predicted molar refractivity (Wildman–Crippen MR) is 57.6 cm³/mol. The summed E-state index contributed by atoms with van der Waals surface area (Å²) in [6.45, 7) is 0. The maximum atomic E-state index is 11.5. The summed E-state index contributed by atoms with van der Waals surface area (Å²) in [5, 5.41) is 8.97. The minimum absolute atomic E-state index is 0. The van der Waals surface area contributed by atoms with Crippen molar-refractivity contribution < 1.29 is 57.2 Å². The molecule has 0 aliphatic carbocycles. The van der Waals surface area contributed by atoms with E-state index in [1.165, 1.54) is 31.4 Å². The number of benzene rings is 1. The van der Waals surface area contributed by atoms with Crippen molar-refractivity contribution in [3.63, 3.8) is 0 Å². The molecule has 0 saturated heterocycles. The number of ether oxygens (including phenoxy) is 1. The van der Waals surface area contributed by atoms with Crippen LogP contribution >= 0.6 is 0 Å². The first kappa shape index (κ1) is 17.6. The molecule has 1 aromatic rings. The smallest absolute Gasteiger partial charge is 0.746 e. The molecule has 0 radical (unpaired) electrons. The summed E-state index contributed by atoms with van der Waals surface area (Å²) in [5.41, 5.74) is -2.01. The van der Waals surface area contributed by atoms with Crippen LogP contribution in [0.2, 0.25) is 0 Å². The molecule has 0 fully saturated rings. The van der Waals surface area contributed by atoms with Crippen LogP contribution in [0.1, 0.15) is 16.8 Å². The molecule has 1 rings (SSSR count). The number of aliphatic hydroxyl groups excluding tert-OH is 1. The summed E-state index contributed by atoms with van der Waals surface area (Å²) in [6, 6.07) is 5.88. The van der Waals surface area contributed by atoms with Crippen molar-refractivity contribution in [2.45, 2.75) is 11.9 Å². The van der Waals surface area contributed by atoms with Crippen LogP contribution in [0.3, 0.4) is 0 Å². The molecule has 0 spiro atoms. The molecular weight excluding hydrogens is 271 g/mol. The van der Waals surface area contributed by atoms with Gasteiger partial charge in [0.05, 0.1) is 13.5 Å². The summed E-state index contributed by atoms with van der Waals surface area (Å²) < 4.78 is 36.1. The zero-order valence-electron chi connectivity index (χ0n) is 9.99. The summed E-state index contributed by atoms with van der Waals surface area (Å²) in [4.78, 5) is 11.5. The van der Waals surface area contributed by atoms with Gasteiger partial charge in [-0.05, 0) is 24.3 Å². The first-order chi connectivity index (χ1) is 7.84. The van der Waals surface area contributed by atoms with E-state index in [0.29, 0.717) is 5.75 Å². The van der Waals surface area contributed by atoms with Crippen molar-refractivity contribution in [2.75, 3.05) is 7.11 Å². The normalized spacial score (nSPS) is 12.4. The van der Waals surface area contributed by atoms with Gasteiger partial charge in [-0.1, -0.05) is 0 Å². The Morgan fingerprint density at radius 1 is 1.39 bits per heavy atom. The third-order valence-corrected chi connectivity index (χ3v) is 2.94. The van der Waals surface area contributed by atoms with Crippen LogP contribution in [0.15, 0.2) is 24.3 Å². The van der Waals surface area contributed by atoms with Gasteiger partial charge in [0, 0.05) is 5.56 Å². The van der Waals surface area contributed by atoms with E-state index in [-0.39, 0.29) is 35.1 Å². The molecule has 94 valence electrons. The minimum atomic E-state index is -4.86. The standard InChI is InChI=1S/C10H12O6S.Na/c1-16-8-4-2-7(3-5-8)9(11)6-10(12)17(13,14)15;/h2-5,10,12H,6H2,1H3,(H,13,14,15);/q;+1/p-1. The van der Waals surface area contributed by atoms with Gasteiger partial charge in [-0.15, -0.1) is 0 Å². The van der Waals surface area contributed by atoms with Crippen LogP contribution < -0.4 is 34.3 Å². The van der Waals surface area contributed by atoms with Crippen molar-refractivity contribution in [2.24, 2.45) is 0 Å². The molecule has 0 bridgehead atoms. The molecule has 1 unspecified atom stereocenters. The van der Waals surface area contributed by atoms with Gasteiger partial charge in [-0.2, -0.15) is 0 Å². The molecule has 0 amide bonds. The summed E-state index contributed by atoms with van der Waals surface area (Å²) >= 11 is 0. The van der Waals surface area contributed by atoms with E-state index in [1.54, 1.807) is 0 Å². The van der Waals surface area contributed by atoms with Crippen LogP contribution in [0, 0.1) is 0 Å². The Balaban J connectivity index is 0.00000289. The summed E-state index contributed by atoms with van der Waals surface area (Å²) in [6.07, 6.45) is -0.752. The molecule has 18 heavy (non-hydrogen) atoms. The number of methoxy groups -OCH3 is 1. The third kappa shape index (κ3) is 5.05. The second kappa shape index (κ2) is 7.22. The Morgan fingerprint density at radius 2 is 1.89 bits per heavy atom. The van der Waals surface area contributed by atoms with Crippen molar-refractivity contribution in [3.8, 4) is 5.75 Å². The summed E-state index contributed by atoms with van der Waals surface area (Å²) in [7, 11) is -3.40. The maximum Gasteiger partial charge on any atom is 1.00 e. The van der Waals surface area contributed by atoms with E-state index < -0.39 is 27.8 Å². The Labute approximate surface area is 127 Å². The Kier molecular flexibility index (Phi) is 7.05. The molecule has 8 heteroatoms. The van der Waals surface area contributed by atoms with Crippen molar-refractivity contribution >= 4 is 15.9 Å². The Hall–Kier alpha value is -0.440. The van der Waals surface area contributed by atoms with Gasteiger partial charge in [0.25, 0.3) is 0 Å². The molecule has 0 aliphatic rings. The first-order valence-corrected chi connectivity index (χ1v) is 6.11. The SMILES string of the molecule is COc1ccc(C(=O)CC(O)S(=O)(=O)[O-])cc1.[Na+]. The van der Waals surface area contributed by atoms with Crippen LogP contribution in [-0.2, 0) is 10.1 Å². The van der Waals surface area contributed by atoms with E-state index in [0.717, 1.165) is 0 Å². The van der Waals surface area contributed by atoms with Crippen molar-refractivity contribution in [3.05, 3.63) is 29.8 Å². The Morgan fingerprint density at radius 3 is 2.28 bits per heavy atom. The van der Waals surface area contributed by atoms with E-state index in [1.807, 2.05) is 0 Å². The maximum absolute atomic E-state index is 11.5. The number of aliphatic hydroxyl groups is 1. The fraction of sp³-hybridized carbons (Fsp3) is 0.300. The number of rotatable bonds is 5. The molecular formula is C10H11NaO6S. The van der Waals surface area contributed by atoms with Gasteiger partial charge >= 0.3 is 29.6 Å². The summed E-state index contributed by atoms with van der Waals surface area (Å²) in [5.74, 6) is -0.0851. The molecule has 0 saturated carbocycles. The van der Waals surface area contributed by atoms with E-state index in [9.17, 15) is 17.8 Å². The van der Waals surface area contributed by atoms with Crippen molar-refractivity contribution in [1.29, 1.82) is 0 Å². The number of Topliss-reactive ketones (excluding diaryl/α,β-unsaturated/α-hetero) is 1. The largest absolute Gasteiger partial charge is 1.00 e. The van der Waals surface area contributed by atoms with Gasteiger partial charge in [-0.25, -0.2) is 8.42 Å². The zero-order valence-corrected chi connectivity index (χ0v) is 12.8. The molecule has 0 aliphatic heterocycles. The van der Waals surface area contributed by atoms with Crippen molar-refractivity contribution in [1.82, 2.24) is 0 Å². The molecule has 1 atom stereocenters. The second-order valence-corrected chi connectivity index (χ2v) is 4.83. The van der Waals surface area contributed by atoms with Crippen LogP contribution in [-0.4, -0.2) is 36.4 Å². The molecule has 6 nitrogen and oxygen atoms in total. The van der Waals surface area contributed by atoms with Crippen LogP contribution in [0.25, 0.3) is 0 Å². The average molecular weight is 282 g/mol. The van der Waals surface area contributed by atoms with Gasteiger partial charge in [-0.3, -0.25) is 4.79 Å². The van der Waals surface area contributed by atoms with Gasteiger partial charge in [0.15, 0.2) is 11.2 Å². The van der Waals surface area contributed by atoms with Crippen LogP contribution in [0.4, 0.5) is 0 Å². The zero-order chi connectivity index (χ0) is 13.1. The third-order valence-electron chi connectivity index (χ3n) is 2.11. The van der Waals surface area contributed by atoms with E-state index in [4.69, 9.17) is 9.84 Å². The first-order valence-electron chi connectivity index (χ1n) is 4.64. The quantitative estimate of drug-likeness (QED) is 0.354. The fourth-order valence-corrected chi connectivity index (χ4v) is 1.51. The van der Waals surface area contributed by atoms with E-state index in [2.05, 4.69) is 0 Å². The number of carbonyl (C=O) groups is 1. The number of hydrogen-bond acceptors (Lipinski definition) is 6. The Bertz CT molecular complexity index is 496. The topological polar surface area (TPSA) is 104 Å². The number of hydrogen-bond donors (Lipinski definition) is 1. The molecule has 0 aromatic heterocycles. The van der Waals surface area contributed by atoms with Gasteiger partial charge < -0.3 is 14.4 Å². The fourth-order valence-electron chi connectivity index (χ4n) is 1.16. The molecule has 0 heterocycles. The van der Waals surface area contributed by atoms with E-state index >= 15 is 0 Å². The molecule has 1 N–H and O–H groups in total. The predicted octanol–water partition coefficient (Wildman–Crippen LogP) is -2.86. The van der Waals surface area contributed by atoms with Crippen LogP contribution in [0.5, 0.6) is 5.75 Å². The van der Waals surface area contributed by atoms with Gasteiger partial charge in [0.1, 0.15) is 15.9 Å². The average Bonchev–Trinajstić information content (AvgIpc) is 2.27.